The van der Waals surface area contributed by atoms with Crippen molar-refractivity contribution >= 4 is 5.97 Å². The zero-order valence-electron chi connectivity index (χ0n) is 23.3. The fraction of sp³-hybridized carbons (Fsp3) is 0.969. The lowest BCUT2D eigenvalue weighted by Crippen LogP contribution is -2.39. The first-order valence-electron chi connectivity index (χ1n) is 15.7. The predicted molar refractivity (Wildman–Crippen MR) is 145 cm³/mol. The predicted octanol–water partition coefficient (Wildman–Crippen LogP) is 9.89. The number of carbonyl (C=O) groups is 1. The molecule has 3 rings (SSSR count). The minimum atomic E-state index is -0.164. The van der Waals surface area contributed by atoms with Gasteiger partial charge in [-0.3, -0.25) is 4.79 Å². The van der Waals surface area contributed by atoms with E-state index in [1.807, 2.05) is 0 Å². The molecular formula is C32H58O2. The van der Waals surface area contributed by atoms with E-state index in [4.69, 9.17) is 4.74 Å². The molecule has 0 heterocycles. The van der Waals surface area contributed by atoms with Crippen molar-refractivity contribution in [2.45, 2.75) is 156 Å². The summed E-state index contributed by atoms with van der Waals surface area (Å²) >= 11 is 0. The molecule has 0 amide bonds. The van der Waals surface area contributed by atoms with Crippen molar-refractivity contribution in [1.82, 2.24) is 0 Å². The van der Waals surface area contributed by atoms with Crippen molar-refractivity contribution < 1.29 is 9.53 Å². The SMILES string of the molecule is CCCCCOC(=O)C1(CCC2CCC(CCCCC)CC2)CCC(C2CCC(C)CC2)CC1. The second-order valence-electron chi connectivity index (χ2n) is 12.9. The maximum absolute atomic E-state index is 13.5. The fourth-order valence-corrected chi connectivity index (χ4v) is 7.62. The van der Waals surface area contributed by atoms with Crippen LogP contribution in [0, 0.1) is 35.0 Å². The van der Waals surface area contributed by atoms with Crippen LogP contribution in [0.25, 0.3) is 0 Å². The van der Waals surface area contributed by atoms with Crippen molar-refractivity contribution in [3.8, 4) is 0 Å². The highest BCUT2D eigenvalue weighted by molar-refractivity contribution is 5.77. The minimum absolute atomic E-state index is 0.164. The summed E-state index contributed by atoms with van der Waals surface area (Å²) in [5.74, 6) is 4.73. The van der Waals surface area contributed by atoms with Gasteiger partial charge in [-0.05, 0) is 87.4 Å². The Hall–Kier alpha value is -0.530. The second kappa shape index (κ2) is 14.9. The number of esters is 1. The van der Waals surface area contributed by atoms with Crippen LogP contribution in [-0.4, -0.2) is 12.6 Å². The number of carbonyl (C=O) groups excluding carboxylic acids is 1. The molecule has 0 spiro atoms. The molecule has 0 aromatic rings. The Bertz CT molecular complexity index is 545. The number of rotatable bonds is 13. The Kier molecular flexibility index (Phi) is 12.3. The molecule has 0 unspecified atom stereocenters. The summed E-state index contributed by atoms with van der Waals surface area (Å²) in [6.07, 6.45) is 27.5. The van der Waals surface area contributed by atoms with Gasteiger partial charge in [-0.25, -0.2) is 0 Å². The van der Waals surface area contributed by atoms with E-state index in [0.29, 0.717) is 6.61 Å². The van der Waals surface area contributed by atoms with E-state index in [0.717, 1.165) is 55.3 Å². The topological polar surface area (TPSA) is 26.3 Å². The molecule has 0 atom stereocenters. The van der Waals surface area contributed by atoms with Crippen LogP contribution in [0.5, 0.6) is 0 Å². The summed E-state index contributed by atoms with van der Waals surface area (Å²) in [6.45, 7) is 7.59. The monoisotopic (exact) mass is 474 g/mol. The lowest BCUT2D eigenvalue weighted by Gasteiger charge is -2.43. The minimum Gasteiger partial charge on any atom is -0.465 e. The van der Waals surface area contributed by atoms with E-state index in [2.05, 4.69) is 20.8 Å². The number of ether oxygens (including phenoxy) is 1. The third-order valence-electron chi connectivity index (χ3n) is 10.3. The van der Waals surface area contributed by atoms with Gasteiger partial charge in [-0.15, -0.1) is 0 Å². The lowest BCUT2D eigenvalue weighted by molar-refractivity contribution is -0.160. The van der Waals surface area contributed by atoms with Crippen molar-refractivity contribution in [2.24, 2.45) is 35.0 Å². The van der Waals surface area contributed by atoms with Gasteiger partial charge in [-0.1, -0.05) is 97.8 Å². The van der Waals surface area contributed by atoms with Crippen molar-refractivity contribution in [3.05, 3.63) is 0 Å². The molecular weight excluding hydrogens is 416 g/mol. The van der Waals surface area contributed by atoms with Crippen LogP contribution in [0.2, 0.25) is 0 Å². The van der Waals surface area contributed by atoms with E-state index in [-0.39, 0.29) is 11.4 Å². The van der Waals surface area contributed by atoms with Gasteiger partial charge in [0.15, 0.2) is 0 Å². The molecule has 3 fully saturated rings. The van der Waals surface area contributed by atoms with Gasteiger partial charge in [0.25, 0.3) is 0 Å². The van der Waals surface area contributed by atoms with Gasteiger partial charge in [0.2, 0.25) is 0 Å². The van der Waals surface area contributed by atoms with Crippen molar-refractivity contribution in [3.63, 3.8) is 0 Å². The van der Waals surface area contributed by atoms with Crippen molar-refractivity contribution in [1.29, 1.82) is 0 Å². The largest absolute Gasteiger partial charge is 0.465 e. The first-order chi connectivity index (χ1) is 16.6. The smallest absolute Gasteiger partial charge is 0.312 e. The Balaban J connectivity index is 1.49. The molecule has 3 aliphatic carbocycles. The molecule has 3 aliphatic rings. The molecule has 34 heavy (non-hydrogen) atoms. The summed E-state index contributed by atoms with van der Waals surface area (Å²) < 4.78 is 5.95. The van der Waals surface area contributed by atoms with Gasteiger partial charge in [-0.2, -0.15) is 0 Å². The number of hydrogen-bond donors (Lipinski definition) is 0. The normalized spacial score (nSPS) is 34.6. The van der Waals surface area contributed by atoms with Crippen LogP contribution in [0.15, 0.2) is 0 Å². The second-order valence-corrected chi connectivity index (χ2v) is 12.9. The molecule has 0 aromatic carbocycles. The zero-order chi connectivity index (χ0) is 24.2. The van der Waals surface area contributed by atoms with Crippen LogP contribution >= 0.6 is 0 Å². The summed E-state index contributed by atoms with van der Waals surface area (Å²) in [4.78, 5) is 13.5. The fourth-order valence-electron chi connectivity index (χ4n) is 7.62. The number of hydrogen-bond acceptors (Lipinski definition) is 2. The molecule has 0 saturated heterocycles. The summed E-state index contributed by atoms with van der Waals surface area (Å²) in [5.41, 5.74) is -0.164. The van der Waals surface area contributed by atoms with Crippen LogP contribution < -0.4 is 0 Å². The molecule has 0 aromatic heterocycles. The highest BCUT2D eigenvalue weighted by Crippen LogP contribution is 2.49. The van der Waals surface area contributed by atoms with E-state index >= 15 is 0 Å². The van der Waals surface area contributed by atoms with E-state index in [9.17, 15) is 4.79 Å². The standard InChI is InChI=1S/C32H58O2/c1-4-6-8-10-27-13-15-28(16-14-27)19-22-32(31(33)34-25-9-7-5-2)23-20-30(21-24-32)29-17-11-26(3)12-18-29/h26-30H,4-25H2,1-3H3. The molecule has 0 radical (unpaired) electrons. The highest BCUT2D eigenvalue weighted by Gasteiger charge is 2.44. The zero-order valence-corrected chi connectivity index (χ0v) is 23.3. The molecule has 0 bridgehead atoms. The Morgan fingerprint density at radius 2 is 1.26 bits per heavy atom. The quantitative estimate of drug-likeness (QED) is 0.196. The summed E-state index contributed by atoms with van der Waals surface area (Å²) in [6, 6.07) is 0. The van der Waals surface area contributed by atoms with Crippen LogP contribution in [0.1, 0.15) is 156 Å². The highest BCUT2D eigenvalue weighted by atomic mass is 16.5. The van der Waals surface area contributed by atoms with Crippen molar-refractivity contribution in [2.75, 3.05) is 6.61 Å². The van der Waals surface area contributed by atoms with E-state index < -0.39 is 0 Å². The summed E-state index contributed by atoms with van der Waals surface area (Å²) in [5, 5.41) is 0. The molecule has 2 nitrogen and oxygen atoms in total. The average molecular weight is 475 g/mol. The van der Waals surface area contributed by atoms with Gasteiger partial charge < -0.3 is 4.74 Å². The van der Waals surface area contributed by atoms with Gasteiger partial charge in [0, 0.05) is 0 Å². The third kappa shape index (κ3) is 8.55. The molecule has 3 saturated carbocycles. The third-order valence-corrected chi connectivity index (χ3v) is 10.3. The Labute approximate surface area is 212 Å². The Morgan fingerprint density at radius 3 is 1.88 bits per heavy atom. The number of unbranched alkanes of at least 4 members (excludes halogenated alkanes) is 4. The summed E-state index contributed by atoms with van der Waals surface area (Å²) in [7, 11) is 0. The van der Waals surface area contributed by atoms with Gasteiger partial charge in [0.1, 0.15) is 0 Å². The van der Waals surface area contributed by atoms with Crippen LogP contribution in [0.4, 0.5) is 0 Å². The van der Waals surface area contributed by atoms with Crippen LogP contribution in [-0.2, 0) is 9.53 Å². The van der Waals surface area contributed by atoms with E-state index in [1.54, 1.807) is 0 Å². The lowest BCUT2D eigenvalue weighted by atomic mass is 9.62. The average Bonchev–Trinajstić information content (AvgIpc) is 2.87. The Morgan fingerprint density at radius 1 is 0.706 bits per heavy atom. The molecule has 0 N–H and O–H groups in total. The van der Waals surface area contributed by atoms with E-state index in [1.165, 1.54) is 109 Å². The first-order valence-corrected chi connectivity index (χ1v) is 15.7. The van der Waals surface area contributed by atoms with Gasteiger partial charge >= 0.3 is 5.97 Å². The maximum Gasteiger partial charge on any atom is 0.312 e. The molecule has 198 valence electrons. The van der Waals surface area contributed by atoms with Gasteiger partial charge in [0.05, 0.1) is 12.0 Å². The maximum atomic E-state index is 13.5. The first kappa shape index (κ1) is 28.0. The molecule has 0 aliphatic heterocycles. The molecule has 2 heteroatoms. The van der Waals surface area contributed by atoms with Crippen LogP contribution in [0.3, 0.4) is 0 Å².